The van der Waals surface area contributed by atoms with E-state index in [0.29, 0.717) is 23.1 Å². The first kappa shape index (κ1) is 15.5. The molecule has 0 aliphatic carbocycles. The van der Waals surface area contributed by atoms with Crippen molar-refractivity contribution >= 4 is 17.3 Å². The van der Waals surface area contributed by atoms with E-state index in [4.69, 9.17) is 21.1 Å². The molecule has 21 heavy (non-hydrogen) atoms. The lowest BCUT2D eigenvalue weighted by molar-refractivity contribution is 0.355. The van der Waals surface area contributed by atoms with Crippen LogP contribution in [-0.2, 0) is 6.54 Å². The van der Waals surface area contributed by atoms with Gasteiger partial charge in [-0.1, -0.05) is 40.9 Å². The molecule has 1 N–H and O–H groups in total. The standard InChI is InChI=1S/C17H20ClNO2/c1-11-5-12(2)7-13(6-11)10-19-15-9-17(21-4)16(20-3)8-14(15)18/h5-9,19H,10H2,1-4H3. The van der Waals surface area contributed by atoms with Crippen LogP contribution in [0.25, 0.3) is 0 Å². The highest BCUT2D eigenvalue weighted by Crippen LogP contribution is 2.36. The van der Waals surface area contributed by atoms with Crippen LogP contribution in [0.15, 0.2) is 30.3 Å². The van der Waals surface area contributed by atoms with E-state index >= 15 is 0 Å². The summed E-state index contributed by atoms with van der Waals surface area (Å²) in [4.78, 5) is 0. The summed E-state index contributed by atoms with van der Waals surface area (Å²) >= 11 is 6.27. The fourth-order valence-corrected chi connectivity index (χ4v) is 2.58. The first-order chi connectivity index (χ1) is 10.0. The lowest BCUT2D eigenvalue weighted by Crippen LogP contribution is -2.02. The van der Waals surface area contributed by atoms with Crippen LogP contribution in [0.1, 0.15) is 16.7 Å². The monoisotopic (exact) mass is 305 g/mol. The number of halogens is 1. The van der Waals surface area contributed by atoms with Crippen LogP contribution in [0, 0.1) is 13.8 Å². The molecule has 2 aromatic rings. The van der Waals surface area contributed by atoms with E-state index < -0.39 is 0 Å². The maximum Gasteiger partial charge on any atom is 0.162 e. The molecule has 0 aliphatic heterocycles. The summed E-state index contributed by atoms with van der Waals surface area (Å²) in [5, 5.41) is 3.95. The van der Waals surface area contributed by atoms with Gasteiger partial charge in [0.25, 0.3) is 0 Å². The van der Waals surface area contributed by atoms with E-state index in [1.54, 1.807) is 20.3 Å². The van der Waals surface area contributed by atoms with Gasteiger partial charge < -0.3 is 14.8 Å². The Hall–Kier alpha value is -1.87. The summed E-state index contributed by atoms with van der Waals surface area (Å²) in [5.74, 6) is 1.28. The molecule has 0 atom stereocenters. The van der Waals surface area contributed by atoms with Gasteiger partial charge in [0.2, 0.25) is 0 Å². The Kier molecular flexibility index (Phi) is 4.97. The third-order valence-electron chi connectivity index (χ3n) is 3.24. The first-order valence-electron chi connectivity index (χ1n) is 6.76. The van der Waals surface area contributed by atoms with Crippen molar-refractivity contribution in [3.8, 4) is 11.5 Å². The van der Waals surface area contributed by atoms with Crippen LogP contribution in [0.2, 0.25) is 5.02 Å². The molecule has 0 aromatic heterocycles. The fraction of sp³-hybridized carbons (Fsp3) is 0.294. The van der Waals surface area contributed by atoms with E-state index in [9.17, 15) is 0 Å². The number of hydrogen-bond acceptors (Lipinski definition) is 3. The highest BCUT2D eigenvalue weighted by Gasteiger charge is 2.09. The second-order valence-electron chi connectivity index (χ2n) is 5.04. The van der Waals surface area contributed by atoms with Crippen molar-refractivity contribution in [3.63, 3.8) is 0 Å². The molecule has 2 aromatic carbocycles. The largest absolute Gasteiger partial charge is 0.493 e. The molecule has 2 rings (SSSR count). The zero-order valence-electron chi connectivity index (χ0n) is 12.8. The Bertz CT molecular complexity index is 621. The molecule has 0 fully saturated rings. The molecule has 112 valence electrons. The van der Waals surface area contributed by atoms with Crippen LogP contribution in [0.3, 0.4) is 0 Å². The Morgan fingerprint density at radius 2 is 1.48 bits per heavy atom. The fourth-order valence-electron chi connectivity index (χ4n) is 2.36. The SMILES string of the molecule is COc1cc(Cl)c(NCc2cc(C)cc(C)c2)cc1OC. The number of benzene rings is 2. The van der Waals surface area contributed by atoms with Gasteiger partial charge in [-0.05, 0) is 19.4 Å². The highest BCUT2D eigenvalue weighted by atomic mass is 35.5. The van der Waals surface area contributed by atoms with Crippen molar-refractivity contribution in [1.82, 2.24) is 0 Å². The quantitative estimate of drug-likeness (QED) is 0.876. The average molecular weight is 306 g/mol. The van der Waals surface area contributed by atoms with Crippen molar-refractivity contribution in [2.24, 2.45) is 0 Å². The summed E-state index contributed by atoms with van der Waals surface area (Å²) in [7, 11) is 3.20. The zero-order valence-corrected chi connectivity index (χ0v) is 13.5. The smallest absolute Gasteiger partial charge is 0.162 e. The minimum atomic E-state index is 0.608. The third-order valence-corrected chi connectivity index (χ3v) is 3.55. The number of aryl methyl sites for hydroxylation is 2. The van der Waals surface area contributed by atoms with Gasteiger partial charge in [-0.2, -0.15) is 0 Å². The second-order valence-corrected chi connectivity index (χ2v) is 5.44. The van der Waals surface area contributed by atoms with Gasteiger partial charge in [0.1, 0.15) is 0 Å². The van der Waals surface area contributed by atoms with Crippen LogP contribution < -0.4 is 14.8 Å². The summed E-state index contributed by atoms with van der Waals surface area (Å²) in [6, 6.07) is 10.1. The highest BCUT2D eigenvalue weighted by molar-refractivity contribution is 6.33. The van der Waals surface area contributed by atoms with Gasteiger partial charge in [0.15, 0.2) is 11.5 Å². The minimum absolute atomic E-state index is 0.608. The van der Waals surface area contributed by atoms with Gasteiger partial charge in [-0.15, -0.1) is 0 Å². The molecule has 0 saturated carbocycles. The van der Waals surface area contributed by atoms with E-state index in [-0.39, 0.29) is 0 Å². The van der Waals surface area contributed by atoms with Crippen molar-refractivity contribution in [2.75, 3.05) is 19.5 Å². The summed E-state index contributed by atoms with van der Waals surface area (Å²) in [6.07, 6.45) is 0. The maximum atomic E-state index is 6.27. The first-order valence-corrected chi connectivity index (χ1v) is 7.14. The normalized spacial score (nSPS) is 10.3. The number of methoxy groups -OCH3 is 2. The number of anilines is 1. The van der Waals surface area contributed by atoms with Gasteiger partial charge in [-0.25, -0.2) is 0 Å². The predicted octanol–water partition coefficient (Wildman–Crippen LogP) is 4.59. The van der Waals surface area contributed by atoms with Gasteiger partial charge >= 0.3 is 0 Å². The Balaban J connectivity index is 2.19. The number of hydrogen-bond donors (Lipinski definition) is 1. The van der Waals surface area contributed by atoms with Gasteiger partial charge in [0.05, 0.1) is 24.9 Å². The summed E-state index contributed by atoms with van der Waals surface area (Å²) in [5.41, 5.74) is 4.56. The van der Waals surface area contributed by atoms with Crippen LogP contribution in [0.5, 0.6) is 11.5 Å². The number of nitrogens with one attached hydrogen (secondary N) is 1. The Labute approximate surface area is 130 Å². The molecular weight excluding hydrogens is 286 g/mol. The van der Waals surface area contributed by atoms with Crippen LogP contribution in [0.4, 0.5) is 5.69 Å². The lowest BCUT2D eigenvalue weighted by atomic mass is 10.1. The van der Waals surface area contributed by atoms with Crippen molar-refractivity contribution in [3.05, 3.63) is 52.0 Å². The zero-order chi connectivity index (χ0) is 15.4. The molecule has 4 heteroatoms. The van der Waals surface area contributed by atoms with E-state index in [2.05, 4.69) is 37.4 Å². The minimum Gasteiger partial charge on any atom is -0.493 e. The van der Waals surface area contributed by atoms with E-state index in [1.807, 2.05) is 6.07 Å². The number of rotatable bonds is 5. The molecule has 0 aliphatic rings. The Morgan fingerprint density at radius 3 is 2.05 bits per heavy atom. The molecular formula is C17H20ClNO2. The average Bonchev–Trinajstić information content (AvgIpc) is 2.44. The topological polar surface area (TPSA) is 30.5 Å². The Morgan fingerprint density at radius 1 is 0.905 bits per heavy atom. The molecule has 0 spiro atoms. The van der Waals surface area contributed by atoms with Crippen LogP contribution >= 0.6 is 11.6 Å². The second kappa shape index (κ2) is 6.72. The molecule has 3 nitrogen and oxygen atoms in total. The van der Waals surface area contributed by atoms with Crippen molar-refractivity contribution < 1.29 is 9.47 Å². The maximum absolute atomic E-state index is 6.27. The molecule has 0 radical (unpaired) electrons. The predicted molar refractivity (Wildman–Crippen MR) is 87.8 cm³/mol. The van der Waals surface area contributed by atoms with Crippen molar-refractivity contribution in [2.45, 2.75) is 20.4 Å². The molecule has 0 amide bonds. The molecule has 0 unspecified atom stereocenters. The third kappa shape index (κ3) is 3.82. The summed E-state index contributed by atoms with van der Waals surface area (Å²) in [6.45, 7) is 4.90. The molecule has 0 saturated heterocycles. The van der Waals surface area contributed by atoms with Crippen molar-refractivity contribution in [1.29, 1.82) is 0 Å². The molecule has 0 heterocycles. The summed E-state index contributed by atoms with van der Waals surface area (Å²) < 4.78 is 10.5. The van der Waals surface area contributed by atoms with Gasteiger partial charge in [-0.3, -0.25) is 0 Å². The van der Waals surface area contributed by atoms with E-state index in [0.717, 1.165) is 5.69 Å². The van der Waals surface area contributed by atoms with Crippen LogP contribution in [-0.4, -0.2) is 14.2 Å². The lowest BCUT2D eigenvalue weighted by Gasteiger charge is -2.14. The van der Waals surface area contributed by atoms with Gasteiger partial charge in [0, 0.05) is 18.7 Å². The van der Waals surface area contributed by atoms with E-state index in [1.165, 1.54) is 16.7 Å². The molecule has 0 bridgehead atoms. The number of ether oxygens (including phenoxy) is 2.